The quantitative estimate of drug-likeness (QED) is 0.680. The van der Waals surface area contributed by atoms with Gasteiger partial charge in [-0.15, -0.1) is 0 Å². The molecule has 90 valence electrons. The van der Waals surface area contributed by atoms with Gasteiger partial charge in [-0.3, -0.25) is 0 Å². The Bertz CT molecular complexity index is 151. The van der Waals surface area contributed by atoms with Gasteiger partial charge in [0, 0.05) is 6.61 Å². The molecule has 0 bridgehead atoms. The van der Waals surface area contributed by atoms with Gasteiger partial charge in [0.2, 0.25) is 0 Å². The van der Waals surface area contributed by atoms with Crippen LogP contribution in [0.4, 0.5) is 0 Å². The van der Waals surface area contributed by atoms with E-state index in [1.807, 2.05) is 6.92 Å². The fourth-order valence-corrected chi connectivity index (χ4v) is 1.55. The molecule has 0 radical (unpaired) electrons. The van der Waals surface area contributed by atoms with Crippen LogP contribution in [-0.4, -0.2) is 26.3 Å². The fourth-order valence-electron chi connectivity index (χ4n) is 1.55. The van der Waals surface area contributed by atoms with Crippen molar-refractivity contribution in [2.45, 2.75) is 46.0 Å². The Morgan fingerprint density at radius 3 is 2.20 bits per heavy atom. The molecule has 0 N–H and O–H groups in total. The van der Waals surface area contributed by atoms with Crippen LogP contribution in [0.3, 0.4) is 0 Å². The van der Waals surface area contributed by atoms with Gasteiger partial charge in [-0.2, -0.15) is 0 Å². The zero-order chi connectivity index (χ0) is 11.5. The van der Waals surface area contributed by atoms with E-state index >= 15 is 0 Å². The zero-order valence-corrected chi connectivity index (χ0v) is 10.3. The van der Waals surface area contributed by atoms with Gasteiger partial charge < -0.3 is 9.47 Å². The first-order chi connectivity index (χ1) is 7.20. The minimum atomic E-state index is -0.327. The number of esters is 1. The molecule has 1 saturated carbocycles. The summed E-state index contributed by atoms with van der Waals surface area (Å²) in [6.45, 7) is 4.80. The Hall–Kier alpha value is -0.570. The summed E-state index contributed by atoms with van der Waals surface area (Å²) in [5.41, 5.74) is 0. The summed E-state index contributed by atoms with van der Waals surface area (Å²) < 4.78 is 9.00. The van der Waals surface area contributed by atoms with Gasteiger partial charge in [0.05, 0.1) is 7.11 Å². The van der Waals surface area contributed by atoms with E-state index in [0.717, 1.165) is 5.92 Å². The van der Waals surface area contributed by atoms with Crippen molar-refractivity contribution in [3.63, 3.8) is 0 Å². The molecule has 0 aromatic carbocycles. The molecular formula is C12H24O3. The summed E-state index contributed by atoms with van der Waals surface area (Å²) in [5, 5.41) is 0. The molecule has 0 unspecified atom stereocenters. The van der Waals surface area contributed by atoms with Gasteiger partial charge in [-0.05, 0) is 12.8 Å². The zero-order valence-electron chi connectivity index (χ0n) is 10.3. The van der Waals surface area contributed by atoms with Crippen molar-refractivity contribution in [1.82, 2.24) is 0 Å². The van der Waals surface area contributed by atoms with Crippen molar-refractivity contribution >= 4 is 5.97 Å². The minimum absolute atomic E-state index is 0.0625. The Morgan fingerprint density at radius 2 is 1.87 bits per heavy atom. The lowest BCUT2D eigenvalue weighted by atomic mass is 9.91. The lowest BCUT2D eigenvalue weighted by Crippen LogP contribution is -2.09. The van der Waals surface area contributed by atoms with E-state index in [1.165, 1.54) is 39.2 Å². The largest absolute Gasteiger partial charge is 0.467 e. The van der Waals surface area contributed by atoms with Gasteiger partial charge in [-0.25, -0.2) is 4.79 Å². The molecule has 0 aromatic heterocycles. The van der Waals surface area contributed by atoms with Gasteiger partial charge in [0.25, 0.3) is 0 Å². The van der Waals surface area contributed by atoms with Crippen molar-refractivity contribution in [3.8, 4) is 0 Å². The molecule has 1 aliphatic carbocycles. The predicted molar refractivity (Wildman–Crippen MR) is 60.8 cm³/mol. The van der Waals surface area contributed by atoms with Crippen LogP contribution in [0.1, 0.15) is 46.0 Å². The highest BCUT2D eigenvalue weighted by atomic mass is 16.6. The van der Waals surface area contributed by atoms with E-state index in [9.17, 15) is 4.79 Å². The fraction of sp³-hybridized carbons (Fsp3) is 0.917. The third kappa shape index (κ3) is 9.73. The van der Waals surface area contributed by atoms with E-state index in [1.54, 1.807) is 0 Å². The standard InChI is InChI=1S/C7H14.C5H10O3/c1-7-5-3-2-4-6-7;1-3-8-4-5(6)7-2/h7H,2-6H2,1H3;3-4H2,1-2H3. The molecular weight excluding hydrogens is 192 g/mol. The van der Waals surface area contributed by atoms with Gasteiger partial charge in [0.15, 0.2) is 0 Å². The van der Waals surface area contributed by atoms with Crippen LogP contribution in [0, 0.1) is 5.92 Å². The first-order valence-electron chi connectivity index (χ1n) is 5.85. The molecule has 0 heterocycles. The molecule has 1 fully saturated rings. The first-order valence-corrected chi connectivity index (χ1v) is 5.85. The molecule has 0 atom stereocenters. The maximum Gasteiger partial charge on any atom is 0.331 e. The molecule has 15 heavy (non-hydrogen) atoms. The third-order valence-corrected chi connectivity index (χ3v) is 2.55. The molecule has 1 rings (SSSR count). The first kappa shape index (κ1) is 14.4. The average molecular weight is 216 g/mol. The summed E-state index contributed by atoms with van der Waals surface area (Å²) in [4.78, 5) is 10.2. The monoisotopic (exact) mass is 216 g/mol. The van der Waals surface area contributed by atoms with Crippen molar-refractivity contribution in [2.24, 2.45) is 5.92 Å². The Morgan fingerprint density at radius 1 is 1.27 bits per heavy atom. The Balaban J connectivity index is 0.000000262. The molecule has 3 nitrogen and oxygen atoms in total. The number of hydrogen-bond acceptors (Lipinski definition) is 3. The van der Waals surface area contributed by atoms with Crippen LogP contribution in [0.2, 0.25) is 0 Å². The van der Waals surface area contributed by atoms with Crippen LogP contribution in [0.25, 0.3) is 0 Å². The second kappa shape index (κ2) is 9.97. The summed E-state index contributed by atoms with van der Waals surface area (Å²) in [7, 11) is 1.33. The van der Waals surface area contributed by atoms with Crippen molar-refractivity contribution in [3.05, 3.63) is 0 Å². The highest BCUT2D eigenvalue weighted by Crippen LogP contribution is 2.22. The highest BCUT2D eigenvalue weighted by molar-refractivity contribution is 5.70. The van der Waals surface area contributed by atoms with Gasteiger partial charge in [0.1, 0.15) is 6.61 Å². The Labute approximate surface area is 93.1 Å². The smallest absolute Gasteiger partial charge is 0.331 e. The highest BCUT2D eigenvalue weighted by Gasteiger charge is 2.05. The number of carbonyl (C=O) groups is 1. The average Bonchev–Trinajstić information content (AvgIpc) is 2.28. The Kier molecular flexibility index (Phi) is 9.59. The lowest BCUT2D eigenvalue weighted by molar-refractivity contribution is -0.145. The maximum atomic E-state index is 10.2. The number of carbonyl (C=O) groups excluding carboxylic acids is 1. The minimum Gasteiger partial charge on any atom is -0.467 e. The summed E-state index contributed by atoms with van der Waals surface area (Å²) >= 11 is 0. The van der Waals surface area contributed by atoms with Gasteiger partial charge >= 0.3 is 5.97 Å². The summed E-state index contributed by atoms with van der Waals surface area (Å²) in [6.07, 6.45) is 7.44. The van der Waals surface area contributed by atoms with Crippen LogP contribution in [-0.2, 0) is 14.3 Å². The molecule has 0 aliphatic heterocycles. The SMILES string of the molecule is CC1CCCCC1.CCOCC(=O)OC. The molecule has 0 amide bonds. The van der Waals surface area contributed by atoms with E-state index in [-0.39, 0.29) is 12.6 Å². The molecule has 0 spiro atoms. The van der Waals surface area contributed by atoms with Crippen molar-refractivity contribution in [2.75, 3.05) is 20.3 Å². The molecule has 1 aliphatic rings. The third-order valence-electron chi connectivity index (χ3n) is 2.55. The maximum absolute atomic E-state index is 10.2. The van der Waals surface area contributed by atoms with E-state index in [0.29, 0.717) is 6.61 Å². The second-order valence-electron chi connectivity index (χ2n) is 3.96. The second-order valence-corrected chi connectivity index (χ2v) is 3.96. The molecule has 0 saturated heterocycles. The lowest BCUT2D eigenvalue weighted by Gasteiger charge is -2.15. The summed E-state index contributed by atoms with van der Waals surface area (Å²) in [5.74, 6) is 0.709. The number of hydrogen-bond donors (Lipinski definition) is 0. The van der Waals surface area contributed by atoms with Crippen LogP contribution >= 0.6 is 0 Å². The van der Waals surface area contributed by atoms with Crippen molar-refractivity contribution in [1.29, 1.82) is 0 Å². The van der Waals surface area contributed by atoms with E-state index in [2.05, 4.69) is 11.7 Å². The van der Waals surface area contributed by atoms with Crippen LogP contribution < -0.4 is 0 Å². The topological polar surface area (TPSA) is 35.5 Å². The molecule has 3 heteroatoms. The van der Waals surface area contributed by atoms with Gasteiger partial charge in [-0.1, -0.05) is 39.0 Å². The van der Waals surface area contributed by atoms with E-state index in [4.69, 9.17) is 4.74 Å². The predicted octanol–water partition coefficient (Wildman–Crippen LogP) is 2.78. The van der Waals surface area contributed by atoms with E-state index < -0.39 is 0 Å². The molecule has 0 aromatic rings. The normalized spacial score (nSPS) is 16.5. The number of methoxy groups -OCH3 is 1. The van der Waals surface area contributed by atoms with Crippen LogP contribution in [0.15, 0.2) is 0 Å². The summed E-state index contributed by atoms with van der Waals surface area (Å²) in [6, 6.07) is 0. The number of ether oxygens (including phenoxy) is 2. The van der Waals surface area contributed by atoms with Crippen molar-refractivity contribution < 1.29 is 14.3 Å². The number of rotatable bonds is 3. The van der Waals surface area contributed by atoms with Crippen LogP contribution in [0.5, 0.6) is 0 Å².